The number of alkyl halides is 2. The van der Waals surface area contributed by atoms with Gasteiger partial charge in [0.15, 0.2) is 0 Å². The Morgan fingerprint density at radius 2 is 2.25 bits per heavy atom. The van der Waals surface area contributed by atoms with Gasteiger partial charge in [-0.3, -0.25) is 0 Å². The van der Waals surface area contributed by atoms with Crippen LogP contribution >= 0.6 is 31.9 Å². The van der Waals surface area contributed by atoms with Crippen molar-refractivity contribution in [1.82, 2.24) is 0 Å². The Morgan fingerprint density at radius 3 is 2.38 bits per heavy atom. The predicted octanol–water partition coefficient (Wildman–Crippen LogP) is 3.09. The number of hydrogen-bond donors (Lipinski definition) is 0. The molecule has 0 heterocycles. The van der Waals surface area contributed by atoms with E-state index in [0.29, 0.717) is 9.15 Å². The monoisotopic (exact) mass is 240 g/mol. The van der Waals surface area contributed by atoms with Gasteiger partial charge in [0.1, 0.15) is 0 Å². The van der Waals surface area contributed by atoms with Crippen molar-refractivity contribution in [3.63, 3.8) is 0 Å². The topological polar surface area (TPSA) is 0 Å². The van der Waals surface area contributed by atoms with Crippen LogP contribution in [0.15, 0.2) is 0 Å². The fourth-order valence-corrected chi connectivity index (χ4v) is 2.15. The summed E-state index contributed by atoms with van der Waals surface area (Å²) < 4.78 is 0.382. The van der Waals surface area contributed by atoms with Crippen molar-refractivity contribution in [3.8, 4) is 0 Å². The second-order valence-electron chi connectivity index (χ2n) is 2.64. The van der Waals surface area contributed by atoms with Gasteiger partial charge in [0.2, 0.25) is 0 Å². The van der Waals surface area contributed by atoms with Crippen LogP contribution in [0.25, 0.3) is 0 Å². The van der Waals surface area contributed by atoms with E-state index in [-0.39, 0.29) is 0 Å². The molecule has 0 radical (unpaired) electrons. The van der Waals surface area contributed by atoms with Crippen molar-refractivity contribution in [2.45, 2.75) is 35.3 Å². The maximum absolute atomic E-state index is 3.66. The molecule has 2 heteroatoms. The van der Waals surface area contributed by atoms with E-state index >= 15 is 0 Å². The lowest BCUT2D eigenvalue weighted by atomic mass is 10.1. The van der Waals surface area contributed by atoms with Crippen molar-refractivity contribution in [2.75, 3.05) is 0 Å². The van der Waals surface area contributed by atoms with E-state index in [2.05, 4.69) is 38.8 Å². The first kappa shape index (κ1) is 7.07. The third-order valence-electron chi connectivity index (χ3n) is 1.78. The Labute approximate surface area is 67.3 Å². The highest BCUT2D eigenvalue weighted by Crippen LogP contribution is 2.41. The van der Waals surface area contributed by atoms with E-state index in [1.54, 1.807) is 0 Å². The molecule has 0 N–H and O–H groups in total. The summed E-state index contributed by atoms with van der Waals surface area (Å²) in [5, 5.41) is 0. The third-order valence-corrected chi connectivity index (χ3v) is 4.81. The minimum absolute atomic E-state index is 0.382. The molecule has 1 aliphatic carbocycles. The molecule has 1 aliphatic rings. The van der Waals surface area contributed by atoms with Crippen molar-refractivity contribution in [1.29, 1.82) is 0 Å². The van der Waals surface area contributed by atoms with Gasteiger partial charge in [0.05, 0.1) is 0 Å². The van der Waals surface area contributed by atoms with E-state index in [1.807, 2.05) is 0 Å². The molecule has 0 aliphatic heterocycles. The van der Waals surface area contributed by atoms with Gasteiger partial charge in [-0.2, -0.15) is 0 Å². The van der Waals surface area contributed by atoms with Gasteiger partial charge >= 0.3 is 0 Å². The lowest BCUT2D eigenvalue weighted by Crippen LogP contribution is -2.20. The number of halogens is 2. The van der Waals surface area contributed by atoms with E-state index in [1.165, 1.54) is 19.3 Å². The minimum Gasteiger partial charge on any atom is -0.0876 e. The van der Waals surface area contributed by atoms with Crippen molar-refractivity contribution < 1.29 is 0 Å². The molecule has 2 atom stereocenters. The smallest absolute Gasteiger partial charge is 0.0354 e. The second kappa shape index (κ2) is 2.30. The van der Waals surface area contributed by atoms with Gasteiger partial charge in [0, 0.05) is 9.15 Å². The van der Waals surface area contributed by atoms with Crippen LogP contribution in [0.5, 0.6) is 0 Å². The van der Waals surface area contributed by atoms with E-state index in [9.17, 15) is 0 Å². The molecule has 1 rings (SSSR count). The molecule has 2 unspecified atom stereocenters. The fraction of sp³-hybridized carbons (Fsp3) is 1.00. The van der Waals surface area contributed by atoms with Crippen LogP contribution in [0.2, 0.25) is 0 Å². The molecule has 8 heavy (non-hydrogen) atoms. The second-order valence-corrected chi connectivity index (χ2v) is 5.55. The molecule has 0 saturated heterocycles. The highest BCUT2D eigenvalue weighted by atomic mass is 79.9. The number of rotatable bonds is 0. The standard InChI is InChI=1S/C6H10Br2/c1-6(8)4-2-3-5(6)7/h5H,2-4H2,1H3. The van der Waals surface area contributed by atoms with Gasteiger partial charge in [-0.15, -0.1) is 0 Å². The van der Waals surface area contributed by atoms with Gasteiger partial charge < -0.3 is 0 Å². The lowest BCUT2D eigenvalue weighted by Gasteiger charge is -2.18. The minimum atomic E-state index is 0.382. The zero-order valence-electron chi connectivity index (χ0n) is 4.95. The molecule has 0 aromatic carbocycles. The molecular formula is C6H10Br2. The van der Waals surface area contributed by atoms with Crippen LogP contribution < -0.4 is 0 Å². The Morgan fingerprint density at radius 1 is 1.62 bits per heavy atom. The summed E-state index contributed by atoms with van der Waals surface area (Å²) in [6.07, 6.45) is 3.99. The number of hydrogen-bond acceptors (Lipinski definition) is 0. The first-order valence-electron chi connectivity index (χ1n) is 2.96. The average molecular weight is 242 g/mol. The Bertz CT molecular complexity index is 88.5. The highest BCUT2D eigenvalue weighted by molar-refractivity contribution is 9.12. The summed E-state index contributed by atoms with van der Waals surface area (Å²) in [5.74, 6) is 0. The van der Waals surface area contributed by atoms with E-state index in [0.717, 1.165) is 0 Å². The highest BCUT2D eigenvalue weighted by Gasteiger charge is 2.33. The third kappa shape index (κ3) is 1.27. The summed E-state index contributed by atoms with van der Waals surface area (Å²) in [5.41, 5.74) is 0. The predicted molar refractivity (Wildman–Crippen MR) is 43.9 cm³/mol. The normalized spacial score (nSPS) is 47.6. The van der Waals surface area contributed by atoms with Crippen LogP contribution in [0, 0.1) is 0 Å². The molecule has 1 saturated carbocycles. The van der Waals surface area contributed by atoms with E-state index in [4.69, 9.17) is 0 Å². The zero-order valence-corrected chi connectivity index (χ0v) is 8.13. The van der Waals surface area contributed by atoms with Crippen molar-refractivity contribution >= 4 is 31.9 Å². The summed E-state index contributed by atoms with van der Waals surface area (Å²) >= 11 is 7.27. The van der Waals surface area contributed by atoms with Gasteiger partial charge in [-0.05, 0) is 19.8 Å². The molecule has 1 fully saturated rings. The first-order valence-corrected chi connectivity index (χ1v) is 4.67. The van der Waals surface area contributed by atoms with Gasteiger partial charge in [-0.1, -0.05) is 38.3 Å². The van der Waals surface area contributed by atoms with Gasteiger partial charge in [0.25, 0.3) is 0 Å². The van der Waals surface area contributed by atoms with E-state index < -0.39 is 0 Å². The van der Waals surface area contributed by atoms with Crippen LogP contribution in [0.3, 0.4) is 0 Å². The fourth-order valence-electron chi connectivity index (χ4n) is 1.08. The Balaban J connectivity index is 2.54. The van der Waals surface area contributed by atoms with Crippen LogP contribution in [-0.4, -0.2) is 9.15 Å². The molecule has 0 aromatic rings. The van der Waals surface area contributed by atoms with Crippen LogP contribution in [-0.2, 0) is 0 Å². The van der Waals surface area contributed by atoms with Crippen LogP contribution in [0.4, 0.5) is 0 Å². The molecule has 0 aromatic heterocycles. The molecule has 48 valence electrons. The largest absolute Gasteiger partial charge is 0.0876 e. The Hall–Kier alpha value is 0.960. The summed E-state index contributed by atoms with van der Waals surface area (Å²) in [6, 6.07) is 0. The van der Waals surface area contributed by atoms with Crippen LogP contribution in [0.1, 0.15) is 26.2 Å². The maximum atomic E-state index is 3.66. The molecule has 0 spiro atoms. The Kier molecular flexibility index (Phi) is 2.03. The lowest BCUT2D eigenvalue weighted by molar-refractivity contribution is 0.708. The first-order chi connectivity index (χ1) is 3.63. The average Bonchev–Trinajstić information content (AvgIpc) is 1.86. The SMILES string of the molecule is CC1(Br)CCCC1Br. The summed E-state index contributed by atoms with van der Waals surface area (Å²) in [7, 11) is 0. The van der Waals surface area contributed by atoms with Gasteiger partial charge in [-0.25, -0.2) is 0 Å². The zero-order chi connectivity index (χ0) is 6.20. The maximum Gasteiger partial charge on any atom is 0.0354 e. The quantitative estimate of drug-likeness (QED) is 0.572. The molecule has 0 amide bonds. The molecular weight excluding hydrogens is 232 g/mol. The summed E-state index contributed by atoms with van der Waals surface area (Å²) in [4.78, 5) is 0.690. The molecule has 0 bridgehead atoms. The van der Waals surface area contributed by atoms with Crippen molar-refractivity contribution in [2.24, 2.45) is 0 Å². The van der Waals surface area contributed by atoms with Crippen molar-refractivity contribution in [3.05, 3.63) is 0 Å². The molecule has 0 nitrogen and oxygen atoms in total. The summed E-state index contributed by atoms with van der Waals surface area (Å²) in [6.45, 7) is 2.25.